The van der Waals surface area contributed by atoms with Gasteiger partial charge >= 0.3 is 0 Å². The van der Waals surface area contributed by atoms with Crippen LogP contribution < -0.4 is 0 Å². The Morgan fingerprint density at radius 3 is 2.91 bits per heavy atom. The lowest BCUT2D eigenvalue weighted by molar-refractivity contribution is 0.0477. The number of pyridine rings is 1. The van der Waals surface area contributed by atoms with Crippen molar-refractivity contribution in [3.05, 3.63) is 47.1 Å². The van der Waals surface area contributed by atoms with Gasteiger partial charge < -0.3 is 9.26 Å². The summed E-state index contributed by atoms with van der Waals surface area (Å²) in [5.74, 6) is 0.941. The Labute approximate surface area is 134 Å². The number of aromatic nitrogens is 2. The van der Waals surface area contributed by atoms with Crippen LogP contribution in [0.3, 0.4) is 0 Å². The van der Waals surface area contributed by atoms with Gasteiger partial charge in [-0.05, 0) is 25.0 Å². The molecule has 4 heterocycles. The first-order valence-electron chi connectivity index (χ1n) is 8.11. The molecule has 5 nitrogen and oxygen atoms in total. The van der Waals surface area contributed by atoms with E-state index in [0.717, 1.165) is 23.4 Å². The number of likely N-dealkylation sites (tertiary alicyclic amines) is 1. The predicted octanol–water partition coefficient (Wildman–Crippen LogP) is 2.60. The number of rotatable bonds is 3. The second-order valence-electron chi connectivity index (χ2n) is 6.29. The number of alkyl halides is 1. The van der Waals surface area contributed by atoms with Crippen LogP contribution >= 0.6 is 0 Å². The van der Waals surface area contributed by atoms with E-state index in [1.807, 2.05) is 12.1 Å². The van der Waals surface area contributed by atoms with Crippen molar-refractivity contribution in [2.75, 3.05) is 19.7 Å². The average Bonchev–Trinajstić information content (AvgIpc) is 3.01. The molecule has 2 aliphatic rings. The Bertz CT molecular complexity index is 666. The van der Waals surface area contributed by atoms with Crippen LogP contribution in [0.2, 0.25) is 0 Å². The highest BCUT2D eigenvalue weighted by atomic mass is 19.1. The fourth-order valence-corrected chi connectivity index (χ4v) is 3.37. The first kappa shape index (κ1) is 14.8. The maximum absolute atomic E-state index is 15.1. The lowest BCUT2D eigenvalue weighted by Crippen LogP contribution is -2.40. The molecule has 0 amide bonds. The minimum absolute atomic E-state index is 0.459. The third-order valence-corrected chi connectivity index (χ3v) is 4.82. The van der Waals surface area contributed by atoms with Gasteiger partial charge in [-0.25, -0.2) is 4.39 Å². The van der Waals surface area contributed by atoms with Crippen molar-refractivity contribution >= 4 is 0 Å². The van der Waals surface area contributed by atoms with Gasteiger partial charge in [0.25, 0.3) is 0 Å². The van der Waals surface area contributed by atoms with Crippen molar-refractivity contribution in [3.63, 3.8) is 0 Å². The second-order valence-corrected chi connectivity index (χ2v) is 6.29. The number of halogens is 1. The molecule has 0 radical (unpaired) electrons. The Balaban J connectivity index is 1.41. The van der Waals surface area contributed by atoms with E-state index in [-0.39, 0.29) is 0 Å². The Kier molecular flexibility index (Phi) is 3.87. The molecule has 0 bridgehead atoms. The Morgan fingerprint density at radius 2 is 2.13 bits per heavy atom. The van der Waals surface area contributed by atoms with Crippen LogP contribution in [0.5, 0.6) is 0 Å². The van der Waals surface area contributed by atoms with Crippen molar-refractivity contribution in [2.45, 2.75) is 38.1 Å². The molecule has 2 aromatic heterocycles. The highest BCUT2D eigenvalue weighted by molar-refractivity contribution is 5.24. The van der Waals surface area contributed by atoms with Crippen LogP contribution in [0, 0.1) is 0 Å². The molecule has 23 heavy (non-hydrogen) atoms. The molecule has 2 aliphatic heterocycles. The second kappa shape index (κ2) is 6.02. The number of piperidine rings is 1. The van der Waals surface area contributed by atoms with Crippen molar-refractivity contribution < 1.29 is 13.7 Å². The first-order chi connectivity index (χ1) is 11.2. The van der Waals surface area contributed by atoms with E-state index in [1.54, 1.807) is 12.3 Å². The maximum Gasteiger partial charge on any atom is 0.155 e. The molecule has 0 unspecified atom stereocenters. The summed E-state index contributed by atoms with van der Waals surface area (Å²) >= 11 is 0. The summed E-state index contributed by atoms with van der Waals surface area (Å²) < 4.78 is 26.0. The normalized spacial score (nSPS) is 21.1. The molecule has 0 spiro atoms. The lowest BCUT2D eigenvalue weighted by Gasteiger charge is -2.35. The van der Waals surface area contributed by atoms with Gasteiger partial charge in [-0.15, -0.1) is 0 Å². The minimum Gasteiger partial charge on any atom is -0.376 e. The van der Waals surface area contributed by atoms with Gasteiger partial charge in [-0.1, -0.05) is 11.2 Å². The average molecular weight is 317 g/mol. The van der Waals surface area contributed by atoms with E-state index >= 15 is 4.39 Å². The van der Waals surface area contributed by atoms with E-state index in [0.29, 0.717) is 51.4 Å². The number of hydrogen-bond donors (Lipinski definition) is 0. The smallest absolute Gasteiger partial charge is 0.155 e. The van der Waals surface area contributed by atoms with Gasteiger partial charge in [0.2, 0.25) is 0 Å². The summed E-state index contributed by atoms with van der Waals surface area (Å²) in [5.41, 5.74) is 1.25. The minimum atomic E-state index is -1.32. The van der Waals surface area contributed by atoms with Gasteiger partial charge in [-0.3, -0.25) is 9.88 Å². The van der Waals surface area contributed by atoms with Gasteiger partial charge in [0, 0.05) is 37.8 Å². The maximum atomic E-state index is 15.1. The van der Waals surface area contributed by atoms with Crippen molar-refractivity contribution in [2.24, 2.45) is 0 Å². The fraction of sp³-hybridized carbons (Fsp3) is 0.529. The molecule has 122 valence electrons. The molecule has 4 rings (SSSR count). The molecular formula is C17H20FN3O2. The predicted molar refractivity (Wildman–Crippen MR) is 81.4 cm³/mol. The van der Waals surface area contributed by atoms with Gasteiger partial charge in [0.1, 0.15) is 11.5 Å². The van der Waals surface area contributed by atoms with Gasteiger partial charge in [0.15, 0.2) is 5.67 Å². The zero-order valence-corrected chi connectivity index (χ0v) is 13.0. The van der Waals surface area contributed by atoms with Crippen molar-refractivity contribution in [1.29, 1.82) is 0 Å². The summed E-state index contributed by atoms with van der Waals surface area (Å²) in [4.78, 5) is 6.42. The third-order valence-electron chi connectivity index (χ3n) is 4.82. The summed E-state index contributed by atoms with van der Waals surface area (Å²) in [6.45, 7) is 3.34. The van der Waals surface area contributed by atoms with Crippen LogP contribution in [0.25, 0.3) is 0 Å². The number of nitrogens with zero attached hydrogens (tertiary/aromatic N) is 3. The quantitative estimate of drug-likeness (QED) is 0.871. The van der Waals surface area contributed by atoms with E-state index in [9.17, 15) is 0 Å². The molecule has 0 aliphatic carbocycles. The highest BCUT2D eigenvalue weighted by Crippen LogP contribution is 2.36. The molecular weight excluding hydrogens is 297 g/mol. The van der Waals surface area contributed by atoms with E-state index in [2.05, 4.69) is 15.0 Å². The summed E-state index contributed by atoms with van der Waals surface area (Å²) in [5, 5.41) is 4.18. The van der Waals surface area contributed by atoms with Crippen molar-refractivity contribution in [1.82, 2.24) is 15.0 Å². The number of ether oxygens (including phenoxy) is 1. The van der Waals surface area contributed by atoms with E-state index < -0.39 is 5.67 Å². The molecule has 0 N–H and O–H groups in total. The molecule has 1 saturated heterocycles. The monoisotopic (exact) mass is 317 g/mol. The number of hydrogen-bond acceptors (Lipinski definition) is 5. The van der Waals surface area contributed by atoms with Crippen LogP contribution in [-0.2, 0) is 30.0 Å². The lowest BCUT2D eigenvalue weighted by atomic mass is 9.89. The SMILES string of the molecule is FC1(c2ccccn2)CCN(Cc2noc3c2COCC3)CC1. The largest absolute Gasteiger partial charge is 0.376 e. The molecule has 0 atom stereocenters. The van der Waals surface area contributed by atoms with Crippen LogP contribution in [0.1, 0.15) is 35.6 Å². The molecule has 1 fully saturated rings. The van der Waals surface area contributed by atoms with Gasteiger partial charge in [0.05, 0.1) is 18.9 Å². The molecule has 0 saturated carbocycles. The van der Waals surface area contributed by atoms with Crippen molar-refractivity contribution in [3.8, 4) is 0 Å². The Morgan fingerprint density at radius 1 is 1.26 bits per heavy atom. The highest BCUT2D eigenvalue weighted by Gasteiger charge is 2.37. The zero-order chi connectivity index (χ0) is 15.7. The van der Waals surface area contributed by atoms with Gasteiger partial charge in [-0.2, -0.15) is 0 Å². The molecule has 0 aromatic carbocycles. The topological polar surface area (TPSA) is 51.4 Å². The van der Waals surface area contributed by atoms with Crippen LogP contribution in [-0.4, -0.2) is 34.7 Å². The number of fused-ring (bicyclic) bond motifs is 1. The third kappa shape index (κ3) is 2.88. The van der Waals surface area contributed by atoms with E-state index in [4.69, 9.17) is 9.26 Å². The Hall–Kier alpha value is -1.79. The van der Waals surface area contributed by atoms with E-state index in [1.165, 1.54) is 0 Å². The zero-order valence-electron chi connectivity index (χ0n) is 13.0. The standard InChI is InChI=1S/C17H20FN3O2/c18-17(16-3-1-2-7-19-16)5-8-21(9-6-17)11-14-13-12-22-10-4-15(13)23-20-14/h1-3,7H,4-6,8-12H2. The molecule has 6 heteroatoms. The van der Waals surface area contributed by atoms with Crippen LogP contribution in [0.15, 0.2) is 28.9 Å². The summed E-state index contributed by atoms with van der Waals surface area (Å²) in [6.07, 6.45) is 3.36. The van der Waals surface area contributed by atoms with Crippen LogP contribution in [0.4, 0.5) is 4.39 Å². The summed E-state index contributed by atoms with van der Waals surface area (Å²) in [7, 11) is 0. The fourth-order valence-electron chi connectivity index (χ4n) is 3.37. The molecule has 2 aromatic rings. The first-order valence-corrected chi connectivity index (χ1v) is 8.11. The summed E-state index contributed by atoms with van der Waals surface area (Å²) in [6, 6.07) is 5.44.